The van der Waals surface area contributed by atoms with Gasteiger partial charge in [-0.15, -0.1) is 0 Å². The Hall–Kier alpha value is -3.16. The first-order valence-electron chi connectivity index (χ1n) is 10.4. The largest absolute Gasteiger partial charge is 0.452 e. The second kappa shape index (κ2) is 9.14. The van der Waals surface area contributed by atoms with Crippen LogP contribution in [0.3, 0.4) is 0 Å². The molecule has 2 atom stereocenters. The minimum atomic E-state index is -0.133. The minimum absolute atomic E-state index is 0.115. The predicted octanol–water partition coefficient (Wildman–Crippen LogP) is 5.70. The van der Waals surface area contributed by atoms with Crippen molar-refractivity contribution in [2.45, 2.75) is 35.5 Å². The molecular formula is C25H22N4OS2. The van der Waals surface area contributed by atoms with Crippen molar-refractivity contribution < 1.29 is 4.42 Å². The summed E-state index contributed by atoms with van der Waals surface area (Å²) >= 11 is 7.34. The molecule has 0 aliphatic carbocycles. The molecule has 0 saturated carbocycles. The molecule has 160 valence electrons. The molecule has 0 unspecified atom stereocenters. The van der Waals surface area contributed by atoms with Crippen LogP contribution in [-0.2, 0) is 6.54 Å². The van der Waals surface area contributed by atoms with Gasteiger partial charge in [-0.2, -0.15) is 0 Å². The van der Waals surface area contributed by atoms with Crippen LogP contribution in [0.2, 0.25) is 0 Å². The van der Waals surface area contributed by atoms with Crippen molar-refractivity contribution in [3.05, 3.63) is 108 Å². The van der Waals surface area contributed by atoms with Crippen LogP contribution in [-0.4, -0.2) is 20.0 Å². The molecule has 1 saturated heterocycles. The number of aryl methyl sites for hydroxylation is 1. The van der Waals surface area contributed by atoms with E-state index in [0.29, 0.717) is 11.7 Å². The average molecular weight is 459 g/mol. The van der Waals surface area contributed by atoms with Crippen molar-refractivity contribution in [1.82, 2.24) is 20.2 Å². The van der Waals surface area contributed by atoms with Crippen molar-refractivity contribution in [2.24, 2.45) is 0 Å². The Morgan fingerprint density at radius 1 is 0.969 bits per heavy atom. The zero-order valence-electron chi connectivity index (χ0n) is 17.5. The average Bonchev–Trinajstić information content (AvgIpc) is 3.41. The number of hydrogen-bond acceptors (Lipinski definition) is 5. The summed E-state index contributed by atoms with van der Waals surface area (Å²) in [5.74, 6) is 0.846. The lowest BCUT2D eigenvalue weighted by atomic mass is 10.0. The third-order valence-corrected chi connectivity index (χ3v) is 6.67. The standard InChI is InChI=1S/C25H22N4OS2/c1-17-8-10-19(11-9-17)32-22-13-12-21(30-22)24-23(20-7-3-5-15-27-20)28-25(31)29(24)16-18-6-2-4-14-26-18/h2-15,23-24H,16H2,1H3,(H,28,31)/t23-,24+/m1/s1. The van der Waals surface area contributed by atoms with Gasteiger partial charge < -0.3 is 14.6 Å². The summed E-state index contributed by atoms with van der Waals surface area (Å²) in [4.78, 5) is 12.4. The fourth-order valence-electron chi connectivity index (χ4n) is 3.82. The van der Waals surface area contributed by atoms with Crippen molar-refractivity contribution in [2.75, 3.05) is 0 Å². The quantitative estimate of drug-likeness (QED) is 0.372. The highest BCUT2D eigenvalue weighted by molar-refractivity contribution is 7.99. The summed E-state index contributed by atoms with van der Waals surface area (Å²) in [7, 11) is 0. The van der Waals surface area contributed by atoms with Crippen molar-refractivity contribution in [3.63, 3.8) is 0 Å². The second-order valence-corrected chi connectivity index (χ2v) is 9.11. The van der Waals surface area contributed by atoms with Gasteiger partial charge in [-0.25, -0.2) is 0 Å². The Labute approximate surface area is 196 Å². The number of rotatable bonds is 6. The molecule has 0 spiro atoms. The maximum atomic E-state index is 6.34. The smallest absolute Gasteiger partial charge is 0.170 e. The molecule has 1 aromatic carbocycles. The maximum Gasteiger partial charge on any atom is 0.170 e. The Morgan fingerprint density at radius 2 is 1.75 bits per heavy atom. The molecule has 0 bridgehead atoms. The summed E-state index contributed by atoms with van der Waals surface area (Å²) in [6.07, 6.45) is 3.61. The molecule has 4 aromatic rings. The van der Waals surface area contributed by atoms with Crippen LogP contribution >= 0.6 is 24.0 Å². The molecule has 7 heteroatoms. The number of nitrogens with one attached hydrogen (secondary N) is 1. The summed E-state index contributed by atoms with van der Waals surface area (Å²) in [5.41, 5.74) is 3.11. The van der Waals surface area contributed by atoms with E-state index in [4.69, 9.17) is 16.6 Å². The van der Waals surface area contributed by atoms with Crippen LogP contribution in [0.5, 0.6) is 0 Å². The monoisotopic (exact) mass is 458 g/mol. The molecule has 5 rings (SSSR count). The highest BCUT2D eigenvalue weighted by Crippen LogP contribution is 2.41. The normalized spacial score (nSPS) is 18.0. The van der Waals surface area contributed by atoms with Crippen LogP contribution in [0.4, 0.5) is 0 Å². The third-order valence-electron chi connectivity index (χ3n) is 5.39. The van der Waals surface area contributed by atoms with E-state index in [0.717, 1.165) is 27.1 Å². The van der Waals surface area contributed by atoms with Gasteiger partial charge in [0.1, 0.15) is 11.8 Å². The lowest BCUT2D eigenvalue weighted by Crippen LogP contribution is -2.29. The van der Waals surface area contributed by atoms with Gasteiger partial charge in [-0.3, -0.25) is 9.97 Å². The Morgan fingerprint density at radius 3 is 2.47 bits per heavy atom. The van der Waals surface area contributed by atoms with Gasteiger partial charge in [0.05, 0.1) is 24.0 Å². The summed E-state index contributed by atoms with van der Waals surface area (Å²) < 4.78 is 6.34. The summed E-state index contributed by atoms with van der Waals surface area (Å²) in [6.45, 7) is 2.67. The molecule has 0 amide bonds. The number of thiocarbonyl (C=S) groups is 1. The first kappa shape index (κ1) is 20.7. The van der Waals surface area contributed by atoms with E-state index in [1.165, 1.54) is 5.56 Å². The number of aromatic nitrogens is 2. The van der Waals surface area contributed by atoms with E-state index in [2.05, 4.69) is 51.4 Å². The third kappa shape index (κ3) is 4.40. The number of nitrogens with zero attached hydrogens (tertiary/aromatic N) is 3. The Kier molecular flexibility index (Phi) is 5.92. The molecule has 4 heterocycles. The molecule has 1 fully saturated rings. The zero-order chi connectivity index (χ0) is 21.9. The van der Waals surface area contributed by atoms with Gasteiger partial charge in [0, 0.05) is 17.3 Å². The summed E-state index contributed by atoms with van der Waals surface area (Å²) in [5, 5.41) is 4.97. The first-order valence-corrected chi connectivity index (χ1v) is 11.6. The Balaban J connectivity index is 1.47. The van der Waals surface area contributed by atoms with E-state index >= 15 is 0 Å². The van der Waals surface area contributed by atoms with Gasteiger partial charge in [-0.1, -0.05) is 41.6 Å². The van der Waals surface area contributed by atoms with Crippen LogP contribution in [0.15, 0.2) is 99.6 Å². The fraction of sp³-hybridized carbons (Fsp3) is 0.160. The van der Waals surface area contributed by atoms with Crippen molar-refractivity contribution in [1.29, 1.82) is 0 Å². The fourth-order valence-corrected chi connectivity index (χ4v) is 4.91. The molecule has 1 aliphatic rings. The molecule has 32 heavy (non-hydrogen) atoms. The predicted molar refractivity (Wildman–Crippen MR) is 129 cm³/mol. The van der Waals surface area contributed by atoms with Gasteiger partial charge in [0.15, 0.2) is 10.2 Å². The SMILES string of the molecule is Cc1ccc(Sc2ccc([C@H]3[C@@H](c4ccccn4)NC(=S)N3Cc3ccccn3)o2)cc1. The highest BCUT2D eigenvalue weighted by Gasteiger charge is 2.41. The van der Waals surface area contributed by atoms with Crippen molar-refractivity contribution in [3.8, 4) is 0 Å². The maximum absolute atomic E-state index is 6.34. The van der Waals surface area contributed by atoms with Gasteiger partial charge in [-0.05, 0) is 67.7 Å². The van der Waals surface area contributed by atoms with E-state index in [9.17, 15) is 0 Å². The van der Waals surface area contributed by atoms with Crippen LogP contribution in [0.25, 0.3) is 0 Å². The van der Waals surface area contributed by atoms with E-state index in [1.54, 1.807) is 24.2 Å². The molecular weight excluding hydrogens is 436 g/mol. The Bertz CT molecular complexity index is 1200. The summed E-state index contributed by atoms with van der Waals surface area (Å²) in [6, 6.07) is 24.1. The number of benzene rings is 1. The molecule has 1 N–H and O–H groups in total. The number of hydrogen-bond donors (Lipinski definition) is 1. The van der Waals surface area contributed by atoms with E-state index in [-0.39, 0.29) is 12.1 Å². The van der Waals surface area contributed by atoms with Gasteiger partial charge in [0.2, 0.25) is 0 Å². The number of furan rings is 1. The lowest BCUT2D eigenvalue weighted by molar-refractivity contribution is 0.253. The topological polar surface area (TPSA) is 54.2 Å². The first-order chi connectivity index (χ1) is 15.7. The molecule has 0 radical (unpaired) electrons. The van der Waals surface area contributed by atoms with Crippen LogP contribution < -0.4 is 5.32 Å². The van der Waals surface area contributed by atoms with Gasteiger partial charge >= 0.3 is 0 Å². The molecule has 3 aromatic heterocycles. The zero-order valence-corrected chi connectivity index (χ0v) is 19.1. The number of pyridine rings is 2. The van der Waals surface area contributed by atoms with Crippen LogP contribution in [0.1, 0.15) is 34.8 Å². The van der Waals surface area contributed by atoms with Crippen molar-refractivity contribution >= 4 is 29.1 Å². The van der Waals surface area contributed by atoms with Crippen LogP contribution in [0, 0.1) is 6.92 Å². The minimum Gasteiger partial charge on any atom is -0.452 e. The van der Waals surface area contributed by atoms with E-state index in [1.807, 2.05) is 48.5 Å². The molecule has 5 nitrogen and oxygen atoms in total. The lowest BCUT2D eigenvalue weighted by Gasteiger charge is -2.25. The highest BCUT2D eigenvalue weighted by atomic mass is 32.2. The van der Waals surface area contributed by atoms with E-state index < -0.39 is 0 Å². The second-order valence-electron chi connectivity index (χ2n) is 7.65. The van der Waals surface area contributed by atoms with Gasteiger partial charge in [0.25, 0.3) is 0 Å². The molecule has 1 aliphatic heterocycles.